The van der Waals surface area contributed by atoms with Gasteiger partial charge in [-0.1, -0.05) is 62.1 Å². The summed E-state index contributed by atoms with van der Waals surface area (Å²) in [5.74, 6) is -3.63. The molecule has 3 aliphatic heterocycles. The maximum absolute atomic E-state index is 15.3. The van der Waals surface area contributed by atoms with Crippen LogP contribution < -0.4 is 31.4 Å². The number of para-hydroxylation sites is 2. The summed E-state index contributed by atoms with van der Waals surface area (Å²) in [7, 11) is 0. The van der Waals surface area contributed by atoms with E-state index in [0.717, 1.165) is 58.8 Å². The quantitative estimate of drug-likeness (QED) is 0.108. The van der Waals surface area contributed by atoms with E-state index >= 15 is 19.2 Å². The molecule has 0 bridgehead atoms. The van der Waals surface area contributed by atoms with Crippen molar-refractivity contribution in [2.45, 2.75) is 138 Å². The lowest BCUT2D eigenvalue weighted by Gasteiger charge is -2.39. The normalized spacial score (nSPS) is 27.4. The lowest BCUT2D eigenvalue weighted by atomic mass is 9.84. The van der Waals surface area contributed by atoms with Crippen molar-refractivity contribution in [2.75, 3.05) is 13.1 Å². The molecule has 376 valence electrons. The largest absolute Gasteiger partial charge is 0.492 e. The van der Waals surface area contributed by atoms with E-state index in [9.17, 15) is 24.9 Å². The smallest absolute Gasteiger partial charge is 0.432 e. The van der Waals surface area contributed by atoms with Crippen molar-refractivity contribution < 1.29 is 48.9 Å². The number of amides is 6. The van der Waals surface area contributed by atoms with E-state index in [1.54, 1.807) is 11.1 Å². The number of benzene rings is 2. The molecule has 2 saturated carbocycles. The van der Waals surface area contributed by atoms with Gasteiger partial charge in [-0.3, -0.25) is 29.3 Å². The predicted molar refractivity (Wildman–Crippen MR) is 258 cm³/mol. The topological polar surface area (TPSA) is 275 Å². The molecule has 20 nitrogen and oxygen atoms in total. The van der Waals surface area contributed by atoms with Gasteiger partial charge >= 0.3 is 6.09 Å². The molecule has 5 aliphatic rings. The zero-order chi connectivity index (χ0) is 49.4. The minimum atomic E-state index is -1.46. The number of aromatic amines is 2. The number of fused-ring (bicyclic) bond motifs is 6. The van der Waals surface area contributed by atoms with Crippen molar-refractivity contribution in [3.05, 3.63) is 84.2 Å². The molecular formula is C51H62N10O10. The molecule has 0 radical (unpaired) electrons. The summed E-state index contributed by atoms with van der Waals surface area (Å²) in [6.07, 6.45) is 7.53. The average Bonchev–Trinajstić information content (AvgIpc) is 4.25. The van der Waals surface area contributed by atoms with E-state index in [-0.39, 0.29) is 50.2 Å². The second-order valence-electron chi connectivity index (χ2n) is 19.9. The minimum absolute atomic E-state index is 0.00145. The van der Waals surface area contributed by atoms with Crippen LogP contribution in [0.25, 0.3) is 21.8 Å². The summed E-state index contributed by atoms with van der Waals surface area (Å²) in [6, 6.07) is 11.8. The average molecular weight is 975 g/mol. The van der Waals surface area contributed by atoms with E-state index in [0.29, 0.717) is 61.7 Å². The molecule has 20 heteroatoms. The van der Waals surface area contributed by atoms with Gasteiger partial charge in [0, 0.05) is 71.9 Å². The molecule has 71 heavy (non-hydrogen) atoms. The third-order valence-electron chi connectivity index (χ3n) is 15.6. The van der Waals surface area contributed by atoms with E-state index in [1.807, 2.05) is 54.7 Å². The van der Waals surface area contributed by atoms with Crippen molar-refractivity contribution in [1.29, 1.82) is 0 Å². The van der Waals surface area contributed by atoms with Crippen LogP contribution in [0.1, 0.15) is 88.2 Å². The van der Waals surface area contributed by atoms with Gasteiger partial charge in [0.1, 0.15) is 30.4 Å². The molecule has 10 N–H and O–H groups in total. The van der Waals surface area contributed by atoms with Gasteiger partial charge in [-0.15, -0.1) is 4.73 Å². The Kier molecular flexibility index (Phi) is 13.4. The van der Waals surface area contributed by atoms with Crippen molar-refractivity contribution in [2.24, 2.45) is 5.92 Å². The Labute approximate surface area is 409 Å². The highest BCUT2D eigenvalue weighted by Gasteiger charge is 2.52. The van der Waals surface area contributed by atoms with E-state index in [2.05, 4.69) is 36.6 Å². The summed E-state index contributed by atoms with van der Waals surface area (Å²) in [5, 5.41) is 49.1. The molecule has 5 fully saturated rings. The molecule has 8 atom stereocenters. The van der Waals surface area contributed by atoms with Crippen LogP contribution in [0.3, 0.4) is 0 Å². The number of aromatic nitrogens is 3. The second-order valence-corrected chi connectivity index (χ2v) is 19.9. The van der Waals surface area contributed by atoms with Gasteiger partial charge < -0.3 is 61.2 Å². The fourth-order valence-electron chi connectivity index (χ4n) is 12.0. The number of carbonyl (C=O) groups is 6. The van der Waals surface area contributed by atoms with Gasteiger partial charge in [0.2, 0.25) is 41.3 Å². The molecule has 1 spiro atoms. The number of aromatic hydroxyl groups is 2. The Hall–Kier alpha value is -7.06. The molecule has 10 rings (SSSR count). The fraction of sp³-hybridized carbons (Fsp3) is 0.490. The molecule has 3 saturated heterocycles. The zero-order valence-electron chi connectivity index (χ0n) is 39.4. The summed E-state index contributed by atoms with van der Waals surface area (Å²) in [4.78, 5) is 103. The number of aliphatic hydroxyl groups is 1. The highest BCUT2D eigenvalue weighted by Crippen LogP contribution is 2.42. The lowest BCUT2D eigenvalue weighted by Crippen LogP contribution is -2.66. The number of nitrogens with one attached hydrogen (secondary N) is 7. The van der Waals surface area contributed by atoms with Crippen molar-refractivity contribution in [1.82, 2.24) is 51.1 Å². The SMILES string of the molecule is O=C(NCCC1NC(=O)C(Cc2c[nH]c3ccccc23)NC(=O)C2(CCCC2)NC(O)C(Cc2c[nH]c3ccccc23)NC(=O)C2CC3CCCCC3N2C(=O)C2CCCN2C1=O)On1c(O)ccc1O. The molecule has 2 aromatic carbocycles. The first-order valence-electron chi connectivity index (χ1n) is 25.0. The fourth-order valence-corrected chi connectivity index (χ4v) is 12.0. The first-order chi connectivity index (χ1) is 34.4. The van der Waals surface area contributed by atoms with Gasteiger partial charge in [0.05, 0.1) is 11.6 Å². The summed E-state index contributed by atoms with van der Waals surface area (Å²) >= 11 is 0. The van der Waals surface area contributed by atoms with Crippen LogP contribution in [-0.4, -0.2) is 137 Å². The van der Waals surface area contributed by atoms with Crippen LogP contribution in [0, 0.1) is 5.92 Å². The number of aliphatic hydroxyl groups excluding tert-OH is 1. The van der Waals surface area contributed by atoms with Crippen LogP contribution in [-0.2, 0) is 36.8 Å². The lowest BCUT2D eigenvalue weighted by molar-refractivity contribution is -0.150. The summed E-state index contributed by atoms with van der Waals surface area (Å²) in [6.45, 7) is -0.0579. The third-order valence-corrected chi connectivity index (χ3v) is 15.6. The molecule has 8 unspecified atom stereocenters. The van der Waals surface area contributed by atoms with E-state index in [1.165, 1.54) is 4.90 Å². The number of H-pyrrole nitrogens is 2. The molecule has 5 aromatic rings. The van der Waals surface area contributed by atoms with Crippen molar-refractivity contribution in [3.8, 4) is 11.8 Å². The number of rotatable bonds is 8. The van der Waals surface area contributed by atoms with Crippen LogP contribution >= 0.6 is 0 Å². The van der Waals surface area contributed by atoms with Gasteiger partial charge in [-0.2, -0.15) is 0 Å². The number of nitrogens with zero attached hydrogens (tertiary/aromatic N) is 3. The van der Waals surface area contributed by atoms with Crippen LogP contribution in [0.5, 0.6) is 11.8 Å². The van der Waals surface area contributed by atoms with Gasteiger partial charge in [0.15, 0.2) is 0 Å². The van der Waals surface area contributed by atoms with Crippen LogP contribution in [0.2, 0.25) is 0 Å². The van der Waals surface area contributed by atoms with Crippen LogP contribution in [0.4, 0.5) is 4.79 Å². The standard InChI is InChI=1S/C51H62N10O10/c62-42-17-18-43(63)61(42)71-50(70)52-22-19-36-47(67)59-23-9-16-40(59)48(68)60-39-15-6-1-10-29(39)26-41(60)46(66)56-38(25-31-28-54-35-14-5-3-12-33(31)35)45(65)58-51(20-7-8-21-51)49(69)57-37(44(64)55-36)24-30-27-53-34-13-4-2-11-32(30)34/h2-5,11-14,17-18,27-29,36-41,45,53-54,58,62-63,65H,1,6-10,15-16,19-26H2,(H,52,70)(H,55,64)(H,56,66)(H,57,69). The Morgan fingerprint density at radius 2 is 1.38 bits per heavy atom. The predicted octanol–water partition coefficient (Wildman–Crippen LogP) is 2.72. The highest BCUT2D eigenvalue weighted by molar-refractivity contribution is 5.98. The molecule has 6 amide bonds. The first-order valence-corrected chi connectivity index (χ1v) is 25.0. The number of hydrogen-bond donors (Lipinski definition) is 10. The van der Waals surface area contributed by atoms with E-state index < -0.39 is 83.5 Å². The van der Waals surface area contributed by atoms with Gasteiger partial charge in [0.25, 0.3) is 0 Å². The first kappa shape index (κ1) is 47.6. The second kappa shape index (κ2) is 20.0. The Bertz CT molecular complexity index is 2800. The third kappa shape index (κ3) is 9.49. The van der Waals surface area contributed by atoms with Crippen molar-refractivity contribution >= 4 is 57.4 Å². The van der Waals surface area contributed by atoms with Gasteiger partial charge in [-0.05, 0) is 87.0 Å². The van der Waals surface area contributed by atoms with Gasteiger partial charge in [-0.25, -0.2) is 4.79 Å². The maximum Gasteiger partial charge on any atom is 0.432 e. The summed E-state index contributed by atoms with van der Waals surface area (Å²) < 4.78 is 0.509. The maximum atomic E-state index is 15.3. The minimum Gasteiger partial charge on any atom is -0.492 e. The molecule has 2 aliphatic carbocycles. The monoisotopic (exact) mass is 974 g/mol. The Morgan fingerprint density at radius 3 is 2.08 bits per heavy atom. The highest BCUT2D eigenvalue weighted by atomic mass is 16.7. The molecule has 6 heterocycles. The van der Waals surface area contributed by atoms with Crippen LogP contribution in [0.15, 0.2) is 73.1 Å². The number of carbonyl (C=O) groups excluding carboxylic acids is 6. The van der Waals surface area contributed by atoms with E-state index in [4.69, 9.17) is 4.84 Å². The molecular weight excluding hydrogens is 913 g/mol. The number of hydrogen-bond acceptors (Lipinski definition) is 11. The zero-order valence-corrected chi connectivity index (χ0v) is 39.4. The summed E-state index contributed by atoms with van der Waals surface area (Å²) in [5.41, 5.74) is 1.87. The molecule has 3 aromatic heterocycles. The Morgan fingerprint density at radius 1 is 0.718 bits per heavy atom. The Balaban J connectivity index is 1.02. The van der Waals surface area contributed by atoms with Crippen molar-refractivity contribution in [3.63, 3.8) is 0 Å².